The maximum absolute atomic E-state index is 12.5. The Morgan fingerprint density at radius 3 is 1.06 bits per heavy atom. The summed E-state index contributed by atoms with van der Waals surface area (Å²) in [6.07, 6.45) is 76.4. The summed E-state index contributed by atoms with van der Waals surface area (Å²) in [5.74, 6) is -0.0683. The van der Waals surface area contributed by atoms with Crippen molar-refractivity contribution in [3.05, 3.63) is 24.3 Å². The Kier molecular flexibility index (Phi) is 60.5. The van der Waals surface area contributed by atoms with Crippen LogP contribution in [0.25, 0.3) is 0 Å². The van der Waals surface area contributed by atoms with Gasteiger partial charge in [0.15, 0.2) is 0 Å². The first kappa shape index (κ1) is 70.3. The summed E-state index contributed by atoms with van der Waals surface area (Å²) in [4.78, 5) is 24.5. The largest absolute Gasteiger partial charge is 0.465 e. The fourth-order valence-corrected chi connectivity index (χ4v) is 10.3. The molecule has 0 aromatic rings. The first-order valence-corrected chi connectivity index (χ1v) is 32.6. The number of amides is 1. The minimum atomic E-state index is -0.668. The van der Waals surface area contributed by atoms with Gasteiger partial charge in [-0.3, -0.25) is 9.59 Å². The molecule has 0 heterocycles. The zero-order valence-corrected chi connectivity index (χ0v) is 48.7. The Bertz CT molecular complexity index is 1120. The zero-order chi connectivity index (χ0) is 52.2. The van der Waals surface area contributed by atoms with Crippen molar-refractivity contribution in [2.45, 2.75) is 373 Å². The van der Waals surface area contributed by atoms with Crippen molar-refractivity contribution in [3.8, 4) is 0 Å². The van der Waals surface area contributed by atoms with Gasteiger partial charge in [-0.25, -0.2) is 0 Å². The molecule has 0 saturated carbocycles. The van der Waals surface area contributed by atoms with Crippen molar-refractivity contribution >= 4 is 11.9 Å². The van der Waals surface area contributed by atoms with Crippen LogP contribution in [0, 0.1) is 0 Å². The van der Waals surface area contributed by atoms with Gasteiger partial charge in [0.2, 0.25) is 5.91 Å². The third-order valence-corrected chi connectivity index (χ3v) is 15.3. The highest BCUT2D eigenvalue weighted by molar-refractivity contribution is 5.76. The van der Waals surface area contributed by atoms with Gasteiger partial charge in [0.25, 0.3) is 0 Å². The van der Waals surface area contributed by atoms with Crippen LogP contribution in [0.4, 0.5) is 0 Å². The van der Waals surface area contributed by atoms with Crippen molar-refractivity contribution in [2.24, 2.45) is 0 Å². The van der Waals surface area contributed by atoms with Gasteiger partial charge in [0.05, 0.1) is 25.4 Å². The summed E-state index contributed by atoms with van der Waals surface area (Å²) in [5, 5.41) is 23.4. The lowest BCUT2D eigenvalue weighted by Crippen LogP contribution is -2.45. The number of aliphatic hydroxyl groups excluding tert-OH is 2. The van der Waals surface area contributed by atoms with Crippen LogP contribution in [-0.4, -0.2) is 47.4 Å². The van der Waals surface area contributed by atoms with Crippen LogP contribution in [0.3, 0.4) is 0 Å². The number of unbranched alkanes of at least 4 members (excludes halogenated alkanes) is 46. The summed E-state index contributed by atoms with van der Waals surface area (Å²) in [6, 6.07) is -0.546. The van der Waals surface area contributed by atoms with Crippen LogP contribution in [0.2, 0.25) is 0 Å². The maximum atomic E-state index is 12.5. The molecular weight excluding hydrogens is 887 g/mol. The lowest BCUT2D eigenvalue weighted by molar-refractivity contribution is -0.143. The van der Waals surface area contributed by atoms with E-state index >= 15 is 0 Å². The smallest absolute Gasteiger partial charge is 0.305 e. The van der Waals surface area contributed by atoms with Crippen LogP contribution >= 0.6 is 0 Å². The molecule has 3 N–H and O–H groups in total. The molecule has 0 bridgehead atoms. The number of carbonyl (C=O) groups is 2. The van der Waals surface area contributed by atoms with Crippen molar-refractivity contribution in [1.29, 1.82) is 0 Å². The Balaban J connectivity index is 3.44. The molecule has 0 aliphatic rings. The molecule has 1 amide bonds. The van der Waals surface area contributed by atoms with Gasteiger partial charge in [0, 0.05) is 12.8 Å². The molecule has 0 aliphatic heterocycles. The Labute approximate surface area is 450 Å². The van der Waals surface area contributed by atoms with E-state index in [0.717, 1.165) is 51.4 Å². The van der Waals surface area contributed by atoms with Crippen molar-refractivity contribution in [3.63, 3.8) is 0 Å². The second-order valence-electron chi connectivity index (χ2n) is 22.5. The highest BCUT2D eigenvalue weighted by atomic mass is 16.5. The lowest BCUT2D eigenvalue weighted by Gasteiger charge is -2.22. The average molecular weight is 1010 g/mol. The van der Waals surface area contributed by atoms with Crippen LogP contribution in [0.1, 0.15) is 361 Å². The number of esters is 1. The van der Waals surface area contributed by atoms with Gasteiger partial charge in [0.1, 0.15) is 0 Å². The molecule has 0 saturated heterocycles. The van der Waals surface area contributed by atoms with E-state index in [1.807, 2.05) is 0 Å². The van der Waals surface area contributed by atoms with Crippen LogP contribution in [0.15, 0.2) is 24.3 Å². The summed E-state index contributed by atoms with van der Waals surface area (Å²) in [7, 11) is 0. The van der Waals surface area contributed by atoms with Gasteiger partial charge in [-0.05, 0) is 44.9 Å². The second-order valence-corrected chi connectivity index (χ2v) is 22.5. The molecule has 0 fully saturated rings. The van der Waals surface area contributed by atoms with E-state index < -0.39 is 12.1 Å². The van der Waals surface area contributed by atoms with Crippen molar-refractivity contribution in [2.75, 3.05) is 13.2 Å². The summed E-state index contributed by atoms with van der Waals surface area (Å²) < 4.78 is 5.42. The van der Waals surface area contributed by atoms with Crippen molar-refractivity contribution in [1.82, 2.24) is 5.32 Å². The average Bonchev–Trinajstić information content (AvgIpc) is 3.38. The minimum Gasteiger partial charge on any atom is -0.465 e. The van der Waals surface area contributed by atoms with E-state index in [0.29, 0.717) is 25.9 Å². The van der Waals surface area contributed by atoms with Crippen molar-refractivity contribution < 1.29 is 24.5 Å². The second kappa shape index (κ2) is 61.9. The highest BCUT2D eigenvalue weighted by Crippen LogP contribution is 2.18. The number of nitrogens with one attached hydrogen (secondary N) is 1. The van der Waals surface area contributed by atoms with E-state index in [1.54, 1.807) is 0 Å². The molecule has 0 aliphatic carbocycles. The van der Waals surface area contributed by atoms with Crippen LogP contribution in [-0.2, 0) is 14.3 Å². The predicted octanol–water partition coefficient (Wildman–Crippen LogP) is 20.6. The Hall–Kier alpha value is -1.66. The molecule has 6 nitrogen and oxygen atoms in total. The molecule has 0 rings (SSSR count). The first-order chi connectivity index (χ1) is 35.5. The molecular formula is C66H127NO5. The predicted molar refractivity (Wildman–Crippen MR) is 315 cm³/mol. The SMILES string of the molecule is CCCCCCCCCCCCCCCCCCCCCCC(O)C(CO)NC(=O)CCCCCCCCCCCCCCCC/C=C\C/C=C\CCOC(=O)CCCCCCCCCCCCCCCC. The van der Waals surface area contributed by atoms with E-state index in [1.165, 1.54) is 276 Å². The topological polar surface area (TPSA) is 95.9 Å². The monoisotopic (exact) mass is 1010 g/mol. The maximum Gasteiger partial charge on any atom is 0.305 e. The number of carbonyl (C=O) groups excluding carboxylic acids is 2. The molecule has 2 atom stereocenters. The summed E-state index contributed by atoms with van der Waals surface area (Å²) in [6.45, 7) is 4.88. The quantitative estimate of drug-likeness (QED) is 0.0320. The lowest BCUT2D eigenvalue weighted by atomic mass is 10.0. The molecule has 72 heavy (non-hydrogen) atoms. The number of ether oxygens (including phenoxy) is 1. The molecule has 0 spiro atoms. The Morgan fingerprint density at radius 1 is 0.389 bits per heavy atom. The standard InChI is InChI=1S/C66H127NO5/c1-3-5-7-9-11-13-15-17-19-20-21-25-28-31-34-38-42-46-50-54-58-64(69)63(62-68)67-65(70)59-55-51-47-43-39-35-32-29-26-23-22-24-27-30-33-37-41-45-49-53-57-61-72-66(71)60-56-52-48-44-40-36-18-16-14-12-10-8-6-4-2/h37,41,49,53,63-64,68-69H,3-36,38-40,42-48,50-52,54-62H2,1-2H3,(H,67,70)/b41-37-,53-49-. The van der Waals surface area contributed by atoms with Gasteiger partial charge < -0.3 is 20.3 Å². The van der Waals surface area contributed by atoms with E-state index in [4.69, 9.17) is 4.74 Å². The molecule has 0 radical (unpaired) electrons. The number of allylic oxidation sites excluding steroid dienone is 3. The Morgan fingerprint density at radius 2 is 0.694 bits per heavy atom. The fraction of sp³-hybridized carbons (Fsp3) is 0.909. The van der Waals surface area contributed by atoms with Crippen LogP contribution < -0.4 is 5.32 Å². The van der Waals surface area contributed by atoms with E-state index in [2.05, 4.69) is 43.5 Å². The van der Waals surface area contributed by atoms with E-state index in [9.17, 15) is 19.8 Å². The van der Waals surface area contributed by atoms with Gasteiger partial charge >= 0.3 is 5.97 Å². The van der Waals surface area contributed by atoms with E-state index in [-0.39, 0.29) is 18.5 Å². The number of aliphatic hydroxyl groups is 2. The number of hydrogen-bond donors (Lipinski definition) is 3. The fourth-order valence-electron chi connectivity index (χ4n) is 10.3. The minimum absolute atomic E-state index is 0.0322. The molecule has 2 unspecified atom stereocenters. The molecule has 0 aromatic carbocycles. The van der Waals surface area contributed by atoms with Gasteiger partial charge in [-0.15, -0.1) is 0 Å². The first-order valence-electron chi connectivity index (χ1n) is 32.6. The number of rotatable bonds is 61. The van der Waals surface area contributed by atoms with Gasteiger partial charge in [-0.2, -0.15) is 0 Å². The highest BCUT2D eigenvalue weighted by Gasteiger charge is 2.20. The zero-order valence-electron chi connectivity index (χ0n) is 48.7. The third-order valence-electron chi connectivity index (χ3n) is 15.3. The van der Waals surface area contributed by atoms with Gasteiger partial charge in [-0.1, -0.05) is 327 Å². The third kappa shape index (κ3) is 57.6. The van der Waals surface area contributed by atoms with Crippen LogP contribution in [0.5, 0.6) is 0 Å². The summed E-state index contributed by atoms with van der Waals surface area (Å²) >= 11 is 0. The molecule has 0 aromatic heterocycles. The normalized spacial score (nSPS) is 12.7. The number of hydrogen-bond acceptors (Lipinski definition) is 5. The molecule has 426 valence electrons. The molecule has 6 heteroatoms. The summed E-state index contributed by atoms with van der Waals surface area (Å²) in [5.41, 5.74) is 0.